The number of hydrogen-bond donors (Lipinski definition) is 1. The fraction of sp³-hybridized carbons (Fsp3) is 0.182. The van der Waals surface area contributed by atoms with E-state index in [-0.39, 0.29) is 18.2 Å². The summed E-state index contributed by atoms with van der Waals surface area (Å²) < 4.78 is 5.42. The fourth-order valence-corrected chi connectivity index (χ4v) is 3.08. The molecule has 0 unspecified atom stereocenters. The molecule has 0 fully saturated rings. The third-order valence-electron chi connectivity index (χ3n) is 4.15. The number of aromatic nitrogens is 2. The highest BCUT2D eigenvalue weighted by Crippen LogP contribution is 2.28. The molecule has 30 heavy (non-hydrogen) atoms. The number of nitrogens with zero attached hydrogens (tertiary/aromatic N) is 3. The van der Waals surface area contributed by atoms with Gasteiger partial charge in [0.25, 0.3) is 0 Å². The quantitative estimate of drug-likeness (QED) is 0.607. The Morgan fingerprint density at radius 1 is 1.10 bits per heavy atom. The lowest BCUT2D eigenvalue weighted by atomic mass is 10.1. The van der Waals surface area contributed by atoms with Gasteiger partial charge in [0, 0.05) is 42.2 Å². The van der Waals surface area contributed by atoms with Gasteiger partial charge >= 0.3 is 0 Å². The zero-order valence-electron chi connectivity index (χ0n) is 16.6. The van der Waals surface area contributed by atoms with Gasteiger partial charge in [0.15, 0.2) is 0 Å². The molecule has 7 nitrogen and oxygen atoms in total. The standard InChI is InChI=1S/C22H21ClN4O3/c1-3-30-22-14-18(9-11-25-22)27(15(2)28)20-13-17(8-10-24-20)26-21(29)12-16-6-4-5-7-19(16)23/h4-11,13-14H,3,12H2,1-2H3,(H,24,26,29). The van der Waals surface area contributed by atoms with Gasteiger partial charge in [-0.2, -0.15) is 0 Å². The number of pyridine rings is 2. The Hall–Kier alpha value is -3.45. The van der Waals surface area contributed by atoms with Crippen molar-refractivity contribution >= 4 is 40.6 Å². The van der Waals surface area contributed by atoms with Crippen molar-refractivity contribution in [1.29, 1.82) is 0 Å². The van der Waals surface area contributed by atoms with Gasteiger partial charge in [-0.05, 0) is 30.7 Å². The van der Waals surface area contributed by atoms with E-state index in [1.807, 2.05) is 19.1 Å². The number of nitrogens with one attached hydrogen (secondary N) is 1. The van der Waals surface area contributed by atoms with Crippen molar-refractivity contribution in [2.24, 2.45) is 0 Å². The molecule has 0 atom stereocenters. The van der Waals surface area contributed by atoms with Crippen LogP contribution in [0.3, 0.4) is 0 Å². The number of amides is 2. The second kappa shape index (κ2) is 9.84. The minimum atomic E-state index is -0.240. The number of ether oxygens (including phenoxy) is 1. The summed E-state index contributed by atoms with van der Waals surface area (Å²) in [6.07, 6.45) is 3.22. The van der Waals surface area contributed by atoms with Crippen LogP contribution in [0.2, 0.25) is 5.02 Å². The molecule has 0 bridgehead atoms. The first kappa shape index (κ1) is 21.3. The van der Waals surface area contributed by atoms with Gasteiger partial charge in [0.2, 0.25) is 17.7 Å². The number of carbonyl (C=O) groups is 2. The number of carbonyl (C=O) groups excluding carboxylic acids is 2. The molecule has 0 radical (unpaired) electrons. The van der Waals surface area contributed by atoms with E-state index in [2.05, 4.69) is 15.3 Å². The van der Waals surface area contributed by atoms with Crippen molar-refractivity contribution in [3.8, 4) is 5.88 Å². The molecule has 0 spiro atoms. The Balaban J connectivity index is 1.82. The van der Waals surface area contributed by atoms with Crippen LogP contribution in [0, 0.1) is 0 Å². The molecule has 0 aliphatic heterocycles. The molecule has 2 aromatic heterocycles. The van der Waals surface area contributed by atoms with Crippen molar-refractivity contribution < 1.29 is 14.3 Å². The summed E-state index contributed by atoms with van der Waals surface area (Å²) in [6.45, 7) is 3.75. The van der Waals surface area contributed by atoms with E-state index in [0.29, 0.717) is 34.7 Å². The maximum absolute atomic E-state index is 12.4. The first-order chi connectivity index (χ1) is 14.5. The summed E-state index contributed by atoms with van der Waals surface area (Å²) in [6, 6.07) is 13.8. The fourth-order valence-electron chi connectivity index (χ4n) is 2.88. The van der Waals surface area contributed by atoms with Crippen LogP contribution < -0.4 is 15.0 Å². The van der Waals surface area contributed by atoms with Crippen LogP contribution in [0.15, 0.2) is 60.9 Å². The van der Waals surface area contributed by atoms with Crippen molar-refractivity contribution in [3.63, 3.8) is 0 Å². The van der Waals surface area contributed by atoms with E-state index in [1.54, 1.807) is 42.6 Å². The van der Waals surface area contributed by atoms with Crippen LogP contribution in [0.4, 0.5) is 17.2 Å². The second-order valence-electron chi connectivity index (χ2n) is 6.36. The van der Waals surface area contributed by atoms with E-state index in [9.17, 15) is 9.59 Å². The van der Waals surface area contributed by atoms with E-state index >= 15 is 0 Å². The summed E-state index contributed by atoms with van der Waals surface area (Å²) in [5.41, 5.74) is 1.81. The largest absolute Gasteiger partial charge is 0.478 e. The first-order valence-corrected chi connectivity index (χ1v) is 9.74. The van der Waals surface area contributed by atoms with Gasteiger partial charge < -0.3 is 10.1 Å². The third-order valence-corrected chi connectivity index (χ3v) is 4.52. The molecule has 0 saturated heterocycles. The van der Waals surface area contributed by atoms with Crippen molar-refractivity contribution in [2.75, 3.05) is 16.8 Å². The van der Waals surface area contributed by atoms with Gasteiger partial charge in [-0.25, -0.2) is 9.97 Å². The van der Waals surface area contributed by atoms with Crippen LogP contribution in [0.5, 0.6) is 5.88 Å². The van der Waals surface area contributed by atoms with Gasteiger partial charge in [-0.3, -0.25) is 14.5 Å². The van der Waals surface area contributed by atoms with Crippen LogP contribution in [-0.2, 0) is 16.0 Å². The summed E-state index contributed by atoms with van der Waals surface area (Å²) in [4.78, 5) is 34.6. The lowest BCUT2D eigenvalue weighted by Gasteiger charge is -2.21. The molecule has 0 aliphatic carbocycles. The lowest BCUT2D eigenvalue weighted by molar-refractivity contribution is -0.116. The molecule has 8 heteroatoms. The van der Waals surface area contributed by atoms with E-state index in [0.717, 1.165) is 5.56 Å². The zero-order chi connectivity index (χ0) is 21.5. The lowest BCUT2D eigenvalue weighted by Crippen LogP contribution is -2.24. The molecule has 0 aliphatic rings. The van der Waals surface area contributed by atoms with E-state index < -0.39 is 0 Å². The summed E-state index contributed by atoms with van der Waals surface area (Å²) in [7, 11) is 0. The number of rotatable bonds is 7. The molecule has 1 aromatic carbocycles. The SMILES string of the molecule is CCOc1cc(N(C(C)=O)c2cc(NC(=O)Cc3ccccc3Cl)ccn2)ccn1. The summed E-state index contributed by atoms with van der Waals surface area (Å²) >= 11 is 6.13. The van der Waals surface area contributed by atoms with Crippen molar-refractivity contribution in [2.45, 2.75) is 20.3 Å². The van der Waals surface area contributed by atoms with Crippen LogP contribution in [-0.4, -0.2) is 28.4 Å². The minimum absolute atomic E-state index is 0.135. The van der Waals surface area contributed by atoms with Gasteiger partial charge in [-0.1, -0.05) is 29.8 Å². The van der Waals surface area contributed by atoms with Gasteiger partial charge in [-0.15, -0.1) is 0 Å². The summed E-state index contributed by atoms with van der Waals surface area (Å²) in [5, 5.41) is 3.36. The van der Waals surface area contributed by atoms with Crippen LogP contribution in [0.25, 0.3) is 0 Å². The number of benzene rings is 1. The predicted octanol–water partition coefficient (Wildman–Crippen LogP) is 4.39. The molecule has 2 amide bonds. The first-order valence-electron chi connectivity index (χ1n) is 9.36. The highest BCUT2D eigenvalue weighted by molar-refractivity contribution is 6.31. The Bertz CT molecular complexity index is 1060. The Kier molecular flexibility index (Phi) is 6.98. The molecular formula is C22H21ClN4O3. The topological polar surface area (TPSA) is 84.4 Å². The molecule has 3 rings (SSSR count). The Morgan fingerprint density at radius 2 is 1.87 bits per heavy atom. The van der Waals surface area contributed by atoms with Gasteiger partial charge in [0.1, 0.15) is 5.82 Å². The average molecular weight is 425 g/mol. The Labute approximate surface area is 179 Å². The molecule has 3 aromatic rings. The monoisotopic (exact) mass is 424 g/mol. The van der Waals surface area contributed by atoms with Crippen LogP contribution >= 0.6 is 11.6 Å². The molecule has 2 heterocycles. The Morgan fingerprint density at radius 3 is 2.60 bits per heavy atom. The number of halogens is 1. The number of hydrogen-bond acceptors (Lipinski definition) is 5. The molecular weight excluding hydrogens is 404 g/mol. The highest BCUT2D eigenvalue weighted by Gasteiger charge is 2.17. The molecule has 154 valence electrons. The normalized spacial score (nSPS) is 10.4. The smallest absolute Gasteiger partial charge is 0.229 e. The van der Waals surface area contributed by atoms with E-state index in [4.69, 9.17) is 16.3 Å². The van der Waals surface area contributed by atoms with E-state index in [1.165, 1.54) is 18.0 Å². The second-order valence-corrected chi connectivity index (χ2v) is 6.77. The molecule has 0 saturated carbocycles. The van der Waals surface area contributed by atoms with Crippen LogP contribution in [0.1, 0.15) is 19.4 Å². The van der Waals surface area contributed by atoms with Crippen molar-refractivity contribution in [1.82, 2.24) is 9.97 Å². The predicted molar refractivity (Wildman–Crippen MR) is 116 cm³/mol. The molecule has 1 N–H and O–H groups in total. The maximum Gasteiger partial charge on any atom is 0.229 e. The number of anilines is 3. The van der Waals surface area contributed by atoms with Crippen molar-refractivity contribution in [3.05, 3.63) is 71.5 Å². The third kappa shape index (κ3) is 5.33. The zero-order valence-corrected chi connectivity index (χ0v) is 17.4. The highest BCUT2D eigenvalue weighted by atomic mass is 35.5. The summed E-state index contributed by atoms with van der Waals surface area (Å²) in [5.74, 6) is 0.310. The minimum Gasteiger partial charge on any atom is -0.478 e. The van der Waals surface area contributed by atoms with Gasteiger partial charge in [0.05, 0.1) is 18.7 Å². The average Bonchev–Trinajstić information content (AvgIpc) is 2.70. The maximum atomic E-state index is 12.4.